The number of hydrogen-bond acceptors (Lipinski definition) is 2. The van der Waals surface area contributed by atoms with Crippen molar-refractivity contribution >= 4 is 0 Å². The quantitative estimate of drug-likeness (QED) is 0.778. The monoisotopic (exact) mass is 253 g/mol. The van der Waals surface area contributed by atoms with Crippen molar-refractivity contribution in [3.63, 3.8) is 0 Å². The van der Waals surface area contributed by atoms with Gasteiger partial charge in [0.2, 0.25) is 0 Å². The third kappa shape index (κ3) is 3.48. The van der Waals surface area contributed by atoms with Crippen LogP contribution in [0.2, 0.25) is 0 Å². The van der Waals surface area contributed by atoms with E-state index in [1.54, 1.807) is 0 Å². The maximum atomic E-state index is 5.71. The SMILES string of the molecule is CNC(CCCC1CCCO1)C1CCCC1(C)C. The van der Waals surface area contributed by atoms with Crippen LogP contribution < -0.4 is 5.32 Å². The van der Waals surface area contributed by atoms with Crippen molar-refractivity contribution in [2.45, 2.75) is 77.4 Å². The molecule has 2 nitrogen and oxygen atoms in total. The van der Waals surface area contributed by atoms with Crippen molar-refractivity contribution in [3.05, 3.63) is 0 Å². The Bertz CT molecular complexity index is 245. The summed E-state index contributed by atoms with van der Waals surface area (Å²) in [7, 11) is 2.14. The summed E-state index contributed by atoms with van der Waals surface area (Å²) in [6.45, 7) is 5.90. The second-order valence-electron chi connectivity index (χ2n) is 6.95. The molecule has 1 heterocycles. The zero-order valence-electron chi connectivity index (χ0n) is 12.5. The zero-order valence-corrected chi connectivity index (χ0v) is 12.5. The van der Waals surface area contributed by atoms with Gasteiger partial charge in [-0.15, -0.1) is 0 Å². The van der Waals surface area contributed by atoms with Crippen molar-refractivity contribution in [2.24, 2.45) is 11.3 Å². The number of nitrogens with one attached hydrogen (secondary N) is 1. The van der Waals surface area contributed by atoms with Gasteiger partial charge in [-0.2, -0.15) is 0 Å². The highest BCUT2D eigenvalue weighted by molar-refractivity contribution is 4.91. The molecule has 2 rings (SSSR count). The molecule has 2 heteroatoms. The Morgan fingerprint density at radius 1 is 1.28 bits per heavy atom. The molecule has 1 aliphatic heterocycles. The van der Waals surface area contributed by atoms with E-state index in [-0.39, 0.29) is 0 Å². The van der Waals surface area contributed by atoms with Crippen LogP contribution in [0.3, 0.4) is 0 Å². The molecule has 0 bridgehead atoms. The lowest BCUT2D eigenvalue weighted by molar-refractivity contribution is 0.0989. The summed E-state index contributed by atoms with van der Waals surface area (Å²) in [5, 5.41) is 3.58. The summed E-state index contributed by atoms with van der Waals surface area (Å²) in [5.41, 5.74) is 0.539. The van der Waals surface area contributed by atoms with Crippen LogP contribution in [-0.4, -0.2) is 25.8 Å². The van der Waals surface area contributed by atoms with E-state index in [1.165, 1.54) is 51.4 Å². The topological polar surface area (TPSA) is 21.3 Å². The highest BCUT2D eigenvalue weighted by Crippen LogP contribution is 2.45. The Labute approximate surface area is 113 Å². The summed E-state index contributed by atoms with van der Waals surface area (Å²) in [4.78, 5) is 0. The smallest absolute Gasteiger partial charge is 0.0576 e. The Morgan fingerprint density at radius 3 is 2.67 bits per heavy atom. The van der Waals surface area contributed by atoms with Crippen LogP contribution in [0.4, 0.5) is 0 Å². The summed E-state index contributed by atoms with van der Waals surface area (Å²) in [6, 6.07) is 0.712. The van der Waals surface area contributed by atoms with Gasteiger partial charge in [-0.25, -0.2) is 0 Å². The lowest BCUT2D eigenvalue weighted by atomic mass is 9.76. The number of hydrogen-bond donors (Lipinski definition) is 1. The van der Waals surface area contributed by atoms with Gasteiger partial charge in [-0.3, -0.25) is 0 Å². The number of ether oxygens (including phenoxy) is 1. The maximum absolute atomic E-state index is 5.71. The Balaban J connectivity index is 1.74. The second kappa shape index (κ2) is 6.38. The normalized spacial score (nSPS) is 32.8. The summed E-state index contributed by atoms with van der Waals surface area (Å²) >= 11 is 0. The molecule has 3 atom stereocenters. The van der Waals surface area contributed by atoms with E-state index in [2.05, 4.69) is 26.2 Å². The Kier molecular flexibility index (Phi) is 5.08. The van der Waals surface area contributed by atoms with E-state index in [0.717, 1.165) is 12.5 Å². The molecule has 1 aliphatic carbocycles. The average Bonchev–Trinajstić information content (AvgIpc) is 2.94. The molecule has 3 unspecified atom stereocenters. The average molecular weight is 253 g/mol. The van der Waals surface area contributed by atoms with E-state index in [4.69, 9.17) is 4.74 Å². The lowest BCUT2D eigenvalue weighted by Crippen LogP contribution is -2.39. The van der Waals surface area contributed by atoms with Gasteiger partial charge < -0.3 is 10.1 Å². The van der Waals surface area contributed by atoms with E-state index in [0.29, 0.717) is 17.6 Å². The Hall–Kier alpha value is -0.0800. The Morgan fingerprint density at radius 2 is 2.11 bits per heavy atom. The van der Waals surface area contributed by atoms with Crippen LogP contribution in [0.25, 0.3) is 0 Å². The molecular weight excluding hydrogens is 222 g/mol. The van der Waals surface area contributed by atoms with Crippen molar-refractivity contribution < 1.29 is 4.74 Å². The summed E-state index contributed by atoms with van der Waals surface area (Å²) < 4.78 is 5.71. The molecule has 2 fully saturated rings. The first-order valence-electron chi connectivity index (χ1n) is 7.92. The molecule has 0 aromatic heterocycles. The fourth-order valence-electron chi connectivity index (χ4n) is 4.08. The predicted octanol–water partition coefficient (Wildman–Crippen LogP) is 3.75. The molecule has 0 radical (unpaired) electrons. The van der Waals surface area contributed by atoms with Crippen molar-refractivity contribution in [3.8, 4) is 0 Å². The lowest BCUT2D eigenvalue weighted by Gasteiger charge is -2.34. The standard InChI is InChI=1S/C16H31NO/c1-16(2)11-5-9-14(16)15(17-3)10-4-7-13-8-6-12-18-13/h13-15,17H,4-12H2,1-3H3. The minimum Gasteiger partial charge on any atom is -0.378 e. The first kappa shape index (κ1) is 14.3. The van der Waals surface area contributed by atoms with Gasteiger partial charge in [0.1, 0.15) is 0 Å². The highest BCUT2D eigenvalue weighted by Gasteiger charge is 2.38. The maximum Gasteiger partial charge on any atom is 0.0576 e. The molecule has 2 aliphatic rings. The van der Waals surface area contributed by atoms with Crippen LogP contribution >= 0.6 is 0 Å². The fraction of sp³-hybridized carbons (Fsp3) is 1.00. The number of rotatable bonds is 6. The second-order valence-corrected chi connectivity index (χ2v) is 6.95. The molecular formula is C16H31NO. The summed E-state index contributed by atoms with van der Waals surface area (Å²) in [5.74, 6) is 0.868. The van der Waals surface area contributed by atoms with Gasteiger partial charge in [0.25, 0.3) is 0 Å². The predicted molar refractivity (Wildman–Crippen MR) is 76.8 cm³/mol. The first-order valence-corrected chi connectivity index (χ1v) is 7.92. The van der Waals surface area contributed by atoms with Gasteiger partial charge in [0, 0.05) is 12.6 Å². The molecule has 1 saturated carbocycles. The molecule has 0 spiro atoms. The molecule has 1 N–H and O–H groups in total. The van der Waals surface area contributed by atoms with Gasteiger partial charge in [-0.1, -0.05) is 20.3 Å². The van der Waals surface area contributed by atoms with Crippen LogP contribution in [-0.2, 0) is 4.74 Å². The third-order valence-electron chi connectivity index (χ3n) is 5.26. The van der Waals surface area contributed by atoms with Crippen LogP contribution in [0.5, 0.6) is 0 Å². The zero-order chi connectivity index (χ0) is 13.0. The van der Waals surface area contributed by atoms with Gasteiger partial charge >= 0.3 is 0 Å². The van der Waals surface area contributed by atoms with Crippen LogP contribution in [0.1, 0.15) is 65.2 Å². The van der Waals surface area contributed by atoms with E-state index in [1.807, 2.05) is 0 Å². The van der Waals surface area contributed by atoms with E-state index in [9.17, 15) is 0 Å². The fourth-order valence-corrected chi connectivity index (χ4v) is 4.08. The molecule has 106 valence electrons. The molecule has 1 saturated heterocycles. The minimum absolute atomic E-state index is 0.539. The van der Waals surface area contributed by atoms with E-state index >= 15 is 0 Å². The first-order chi connectivity index (χ1) is 8.63. The largest absolute Gasteiger partial charge is 0.378 e. The van der Waals surface area contributed by atoms with Crippen LogP contribution in [0.15, 0.2) is 0 Å². The van der Waals surface area contributed by atoms with Gasteiger partial charge in [0.05, 0.1) is 6.10 Å². The molecule has 18 heavy (non-hydrogen) atoms. The van der Waals surface area contributed by atoms with Crippen molar-refractivity contribution in [1.82, 2.24) is 5.32 Å². The van der Waals surface area contributed by atoms with Crippen molar-refractivity contribution in [1.29, 1.82) is 0 Å². The van der Waals surface area contributed by atoms with Crippen LogP contribution in [0, 0.1) is 11.3 Å². The molecule has 0 aromatic carbocycles. The van der Waals surface area contributed by atoms with E-state index < -0.39 is 0 Å². The summed E-state index contributed by atoms with van der Waals surface area (Å²) in [6.07, 6.45) is 11.3. The minimum atomic E-state index is 0.539. The molecule has 0 aromatic rings. The van der Waals surface area contributed by atoms with Gasteiger partial charge in [0.15, 0.2) is 0 Å². The van der Waals surface area contributed by atoms with Gasteiger partial charge in [-0.05, 0) is 63.3 Å². The third-order valence-corrected chi connectivity index (χ3v) is 5.26. The van der Waals surface area contributed by atoms with Crippen molar-refractivity contribution in [2.75, 3.05) is 13.7 Å². The highest BCUT2D eigenvalue weighted by atomic mass is 16.5. The molecule has 0 amide bonds.